The lowest BCUT2D eigenvalue weighted by Crippen LogP contribution is -2.13. The first-order chi connectivity index (χ1) is 16.6. The van der Waals surface area contributed by atoms with Crippen LogP contribution < -0.4 is 9.44 Å². The van der Waals surface area contributed by atoms with Crippen LogP contribution in [0.4, 0.5) is 11.4 Å². The van der Waals surface area contributed by atoms with Crippen LogP contribution in [-0.4, -0.2) is 16.8 Å². The van der Waals surface area contributed by atoms with Gasteiger partial charge in [-0.2, -0.15) is 0 Å². The number of para-hydroxylation sites is 2. The smallest absolute Gasteiger partial charge is 0.261 e. The van der Waals surface area contributed by atoms with Crippen LogP contribution in [-0.2, 0) is 20.0 Å². The first-order valence-electron chi connectivity index (χ1n) is 10.8. The van der Waals surface area contributed by atoms with E-state index >= 15 is 0 Å². The molecule has 0 fully saturated rings. The molecule has 5 rings (SSSR count). The minimum absolute atomic E-state index is 0.0437. The summed E-state index contributed by atoms with van der Waals surface area (Å²) in [4.78, 5) is 0.0875. The zero-order chi connectivity index (χ0) is 24.8. The Kier molecular flexibility index (Phi) is 5.53. The normalized spacial score (nSPS) is 12.2. The quantitative estimate of drug-likeness (QED) is 0.303. The van der Waals surface area contributed by atoms with Crippen LogP contribution in [0.2, 0.25) is 0 Å². The number of benzene rings is 4. The Hall–Kier alpha value is -3.82. The lowest BCUT2D eigenvalue weighted by atomic mass is 10.1. The summed E-state index contributed by atoms with van der Waals surface area (Å²) in [6, 6.07) is 23.2. The zero-order valence-corrected chi connectivity index (χ0v) is 20.6. The molecule has 0 unspecified atom stereocenters. The van der Waals surface area contributed by atoms with Crippen molar-refractivity contribution in [3.8, 4) is 0 Å². The standard InChI is InChI=1S/C26H22N2O5S2/c1-17-7-3-5-9-23(17)27-34(29,30)19-11-13-25-21(15-19)22-16-20(12-14-26(22)33-25)35(31,32)28-24-10-6-4-8-18(24)2/h3-16,27-28H,1-2H3. The van der Waals surface area contributed by atoms with Crippen LogP contribution >= 0.6 is 0 Å². The molecule has 2 N–H and O–H groups in total. The van der Waals surface area contributed by atoms with E-state index in [0.717, 1.165) is 11.1 Å². The van der Waals surface area contributed by atoms with Crippen LogP contribution in [0.25, 0.3) is 21.9 Å². The van der Waals surface area contributed by atoms with Crippen molar-refractivity contribution in [1.82, 2.24) is 0 Å². The van der Waals surface area contributed by atoms with Crippen molar-refractivity contribution in [2.75, 3.05) is 9.44 Å². The topological polar surface area (TPSA) is 105 Å². The highest BCUT2D eigenvalue weighted by Crippen LogP contribution is 2.33. The van der Waals surface area contributed by atoms with Crippen molar-refractivity contribution < 1.29 is 21.3 Å². The predicted molar refractivity (Wildman–Crippen MR) is 138 cm³/mol. The Bertz CT molecular complexity index is 1670. The van der Waals surface area contributed by atoms with Gasteiger partial charge in [0.05, 0.1) is 21.2 Å². The molecule has 0 saturated carbocycles. The molecule has 0 spiro atoms. The van der Waals surface area contributed by atoms with Gasteiger partial charge in [0.2, 0.25) is 0 Å². The lowest BCUT2D eigenvalue weighted by Gasteiger charge is -2.11. The molecular formula is C26H22N2O5S2. The van der Waals surface area contributed by atoms with Gasteiger partial charge in [-0.05, 0) is 73.5 Å². The molecule has 0 aliphatic rings. The third kappa shape index (κ3) is 4.36. The average molecular weight is 507 g/mol. The van der Waals surface area contributed by atoms with Crippen molar-refractivity contribution in [3.05, 3.63) is 96.1 Å². The summed E-state index contributed by atoms with van der Waals surface area (Å²) in [6.07, 6.45) is 0. The Balaban J connectivity index is 1.57. The fourth-order valence-electron chi connectivity index (χ4n) is 3.85. The summed E-state index contributed by atoms with van der Waals surface area (Å²) >= 11 is 0. The van der Waals surface area contributed by atoms with E-state index in [9.17, 15) is 16.8 Å². The Morgan fingerprint density at radius 2 is 0.971 bits per heavy atom. The van der Waals surface area contributed by atoms with E-state index in [1.54, 1.807) is 36.4 Å². The SMILES string of the molecule is Cc1ccccc1NS(=O)(=O)c1ccc2oc3ccc(S(=O)(=O)Nc4ccccc4C)cc3c2c1. The maximum absolute atomic E-state index is 13.1. The molecule has 0 atom stereocenters. The third-order valence-electron chi connectivity index (χ3n) is 5.81. The molecule has 7 nitrogen and oxygen atoms in total. The van der Waals surface area contributed by atoms with Gasteiger partial charge in [-0.15, -0.1) is 0 Å². The maximum atomic E-state index is 13.1. The predicted octanol–water partition coefficient (Wildman–Crippen LogP) is 5.80. The zero-order valence-electron chi connectivity index (χ0n) is 18.9. The Morgan fingerprint density at radius 1 is 0.571 bits per heavy atom. The number of hydrogen-bond acceptors (Lipinski definition) is 5. The molecule has 1 heterocycles. The van der Waals surface area contributed by atoms with E-state index in [2.05, 4.69) is 9.44 Å². The number of furan rings is 1. The van der Waals surface area contributed by atoms with E-state index in [4.69, 9.17) is 4.42 Å². The van der Waals surface area contributed by atoms with Crippen molar-refractivity contribution in [3.63, 3.8) is 0 Å². The van der Waals surface area contributed by atoms with E-state index in [0.29, 0.717) is 33.3 Å². The van der Waals surface area contributed by atoms with Crippen molar-refractivity contribution in [2.45, 2.75) is 23.6 Å². The highest BCUT2D eigenvalue weighted by Gasteiger charge is 2.20. The summed E-state index contributed by atoms with van der Waals surface area (Å²) in [5, 5.41) is 1.00. The van der Waals surface area contributed by atoms with E-state index in [1.807, 2.05) is 38.1 Å². The van der Waals surface area contributed by atoms with Gasteiger partial charge < -0.3 is 4.42 Å². The van der Waals surface area contributed by atoms with Gasteiger partial charge in [-0.25, -0.2) is 16.8 Å². The molecule has 0 bridgehead atoms. The molecule has 9 heteroatoms. The average Bonchev–Trinajstić information content (AvgIpc) is 3.19. The largest absolute Gasteiger partial charge is 0.456 e. The summed E-state index contributed by atoms with van der Waals surface area (Å²) in [7, 11) is -7.76. The van der Waals surface area contributed by atoms with E-state index < -0.39 is 20.0 Å². The van der Waals surface area contributed by atoms with Crippen LogP contribution in [0.15, 0.2) is 99.1 Å². The molecule has 0 saturated heterocycles. The van der Waals surface area contributed by atoms with Crippen LogP contribution in [0.1, 0.15) is 11.1 Å². The minimum Gasteiger partial charge on any atom is -0.456 e. The number of fused-ring (bicyclic) bond motifs is 3. The van der Waals surface area contributed by atoms with Crippen LogP contribution in [0.5, 0.6) is 0 Å². The number of rotatable bonds is 6. The van der Waals surface area contributed by atoms with Crippen molar-refractivity contribution >= 4 is 53.4 Å². The van der Waals surface area contributed by atoms with Gasteiger partial charge in [0, 0.05) is 10.8 Å². The lowest BCUT2D eigenvalue weighted by molar-refractivity contribution is 0.599. The van der Waals surface area contributed by atoms with Crippen molar-refractivity contribution in [1.29, 1.82) is 0 Å². The van der Waals surface area contributed by atoms with Gasteiger partial charge in [0.15, 0.2) is 0 Å². The molecule has 0 radical (unpaired) electrons. The second kappa shape index (κ2) is 8.44. The summed E-state index contributed by atoms with van der Waals surface area (Å²) < 4.78 is 63.3. The van der Waals surface area contributed by atoms with Gasteiger partial charge in [0.1, 0.15) is 11.2 Å². The third-order valence-corrected chi connectivity index (χ3v) is 8.54. The second-order valence-electron chi connectivity index (χ2n) is 8.26. The highest BCUT2D eigenvalue weighted by molar-refractivity contribution is 7.93. The molecule has 5 aromatic rings. The molecule has 0 amide bonds. The fraction of sp³-hybridized carbons (Fsp3) is 0.0769. The maximum Gasteiger partial charge on any atom is 0.261 e. The van der Waals surface area contributed by atoms with Gasteiger partial charge >= 0.3 is 0 Å². The summed E-state index contributed by atoms with van der Waals surface area (Å²) in [5.74, 6) is 0. The number of sulfonamides is 2. The molecule has 0 aliphatic carbocycles. The molecule has 178 valence electrons. The molecule has 0 aliphatic heterocycles. The van der Waals surface area contributed by atoms with Crippen LogP contribution in [0, 0.1) is 13.8 Å². The minimum atomic E-state index is -3.88. The number of anilines is 2. The van der Waals surface area contributed by atoms with Crippen molar-refractivity contribution in [2.24, 2.45) is 0 Å². The first-order valence-corrected chi connectivity index (χ1v) is 13.7. The summed E-state index contributed by atoms with van der Waals surface area (Å²) in [5.41, 5.74) is 3.47. The highest BCUT2D eigenvalue weighted by atomic mass is 32.2. The monoisotopic (exact) mass is 506 g/mol. The number of nitrogens with one attached hydrogen (secondary N) is 2. The Labute approximate surface area is 203 Å². The molecule has 35 heavy (non-hydrogen) atoms. The van der Waals surface area contributed by atoms with E-state index in [-0.39, 0.29) is 9.79 Å². The van der Waals surface area contributed by atoms with Gasteiger partial charge in [-0.3, -0.25) is 9.44 Å². The molecule has 1 aromatic heterocycles. The number of aryl methyl sites for hydroxylation is 2. The van der Waals surface area contributed by atoms with Gasteiger partial charge in [0.25, 0.3) is 20.0 Å². The second-order valence-corrected chi connectivity index (χ2v) is 11.6. The molecule has 4 aromatic carbocycles. The van der Waals surface area contributed by atoms with Gasteiger partial charge in [-0.1, -0.05) is 36.4 Å². The first kappa shape index (κ1) is 22.9. The van der Waals surface area contributed by atoms with Crippen LogP contribution in [0.3, 0.4) is 0 Å². The number of hydrogen-bond donors (Lipinski definition) is 2. The Morgan fingerprint density at radius 3 is 1.37 bits per heavy atom. The summed E-state index contributed by atoms with van der Waals surface area (Å²) in [6.45, 7) is 3.63. The molecular weight excluding hydrogens is 484 g/mol. The van der Waals surface area contributed by atoms with E-state index in [1.165, 1.54) is 24.3 Å². The fourth-order valence-corrected chi connectivity index (χ4v) is 6.17.